The molecule has 0 radical (unpaired) electrons. The Balaban J connectivity index is 2.04. The Morgan fingerprint density at radius 1 is 1.05 bits per heavy atom. The molecule has 0 saturated heterocycles. The Morgan fingerprint density at radius 3 is 2.45 bits per heavy atom. The van der Waals surface area contributed by atoms with Gasteiger partial charge in [0.2, 0.25) is 0 Å². The zero-order chi connectivity index (χ0) is 14.1. The van der Waals surface area contributed by atoms with E-state index in [4.69, 9.17) is 11.6 Å². The quantitative estimate of drug-likeness (QED) is 0.713. The molecule has 0 atom stereocenters. The molecule has 2 aromatic rings. The summed E-state index contributed by atoms with van der Waals surface area (Å²) in [6.45, 7) is 1.90. The van der Waals surface area contributed by atoms with Gasteiger partial charge in [-0.2, -0.15) is 0 Å². The molecular weight excluding hydrogens is 268 g/mol. The van der Waals surface area contributed by atoms with E-state index in [1.807, 2.05) is 43.3 Å². The van der Waals surface area contributed by atoms with Crippen LogP contribution in [0.25, 0.3) is 0 Å². The first kappa shape index (κ1) is 13.4. The summed E-state index contributed by atoms with van der Waals surface area (Å²) in [4.78, 5) is 12.8. The molecule has 0 aliphatic heterocycles. The summed E-state index contributed by atoms with van der Waals surface area (Å²) in [6, 6.07) is 13.5. The first-order valence-corrected chi connectivity index (χ1v) is 7.45. The van der Waals surface area contributed by atoms with Gasteiger partial charge in [-0.15, -0.1) is 0 Å². The highest BCUT2D eigenvalue weighted by Gasteiger charge is 2.25. The summed E-state index contributed by atoms with van der Waals surface area (Å²) in [5.74, 6) is 0.641. The van der Waals surface area contributed by atoms with E-state index < -0.39 is 0 Å². The molecule has 0 aromatic heterocycles. The molecule has 3 rings (SSSR count). The number of rotatable bonds is 3. The number of hydrogen-bond donors (Lipinski definition) is 0. The van der Waals surface area contributed by atoms with E-state index in [2.05, 4.69) is 6.07 Å². The molecule has 102 valence electrons. The zero-order valence-electron chi connectivity index (χ0n) is 11.5. The molecule has 1 aliphatic carbocycles. The van der Waals surface area contributed by atoms with Crippen LogP contribution in [0.3, 0.4) is 0 Å². The van der Waals surface area contributed by atoms with Crippen LogP contribution in [0.4, 0.5) is 0 Å². The Labute approximate surface area is 124 Å². The fourth-order valence-corrected chi connectivity index (χ4v) is 2.95. The molecule has 0 N–H and O–H groups in total. The molecule has 20 heavy (non-hydrogen) atoms. The molecule has 1 fully saturated rings. The first-order chi connectivity index (χ1) is 9.68. The number of carbonyl (C=O) groups excluding carboxylic acids is 1. The van der Waals surface area contributed by atoms with Crippen LogP contribution in [0.5, 0.6) is 0 Å². The van der Waals surface area contributed by atoms with Crippen LogP contribution in [0.2, 0.25) is 5.02 Å². The molecule has 0 amide bonds. The molecule has 1 aliphatic rings. The number of hydrogen-bond acceptors (Lipinski definition) is 1. The van der Waals surface area contributed by atoms with Gasteiger partial charge >= 0.3 is 0 Å². The summed E-state index contributed by atoms with van der Waals surface area (Å²) < 4.78 is 0. The number of halogens is 1. The topological polar surface area (TPSA) is 17.1 Å². The lowest BCUT2D eigenvalue weighted by Gasteiger charge is -2.27. The van der Waals surface area contributed by atoms with E-state index in [9.17, 15) is 4.79 Å². The minimum Gasteiger partial charge on any atom is -0.289 e. The van der Waals surface area contributed by atoms with Crippen LogP contribution in [-0.4, -0.2) is 5.78 Å². The summed E-state index contributed by atoms with van der Waals surface area (Å²) in [5, 5.41) is 0.650. The summed E-state index contributed by atoms with van der Waals surface area (Å²) >= 11 is 6.13. The predicted octanol–water partition coefficient (Wildman–Crippen LogP) is 5.15. The SMILES string of the molecule is Cc1c(Cl)cccc1C(=O)c1ccccc1C1CCC1. The molecule has 0 unspecified atom stereocenters. The third-order valence-electron chi connectivity index (χ3n) is 4.26. The van der Waals surface area contributed by atoms with Crippen molar-refractivity contribution in [3.8, 4) is 0 Å². The zero-order valence-corrected chi connectivity index (χ0v) is 12.3. The number of ketones is 1. The van der Waals surface area contributed by atoms with Crippen LogP contribution in [0.15, 0.2) is 42.5 Å². The van der Waals surface area contributed by atoms with Gasteiger partial charge in [0.25, 0.3) is 0 Å². The maximum Gasteiger partial charge on any atom is 0.193 e. The highest BCUT2D eigenvalue weighted by Crippen LogP contribution is 2.38. The second kappa shape index (κ2) is 5.41. The minimum atomic E-state index is 0.0903. The van der Waals surface area contributed by atoms with Gasteiger partial charge in [-0.1, -0.05) is 54.4 Å². The van der Waals surface area contributed by atoms with Crippen molar-refractivity contribution in [3.05, 3.63) is 69.7 Å². The Hall–Kier alpha value is -1.60. The van der Waals surface area contributed by atoms with E-state index in [1.165, 1.54) is 24.8 Å². The standard InChI is InChI=1S/C18H17ClO/c1-12-14(10-5-11-17(12)19)18(20)16-9-3-2-8-15(16)13-6-4-7-13/h2-3,5,8-11,13H,4,6-7H2,1H3. The molecule has 0 bridgehead atoms. The van der Waals surface area contributed by atoms with Crippen molar-refractivity contribution in [2.24, 2.45) is 0 Å². The largest absolute Gasteiger partial charge is 0.289 e. The van der Waals surface area contributed by atoms with E-state index in [-0.39, 0.29) is 5.78 Å². The van der Waals surface area contributed by atoms with Crippen molar-refractivity contribution in [1.29, 1.82) is 0 Å². The lowest BCUT2D eigenvalue weighted by molar-refractivity contribution is 0.103. The highest BCUT2D eigenvalue weighted by molar-refractivity contribution is 6.32. The number of benzene rings is 2. The van der Waals surface area contributed by atoms with Gasteiger partial charge < -0.3 is 0 Å². The minimum absolute atomic E-state index is 0.0903. The molecule has 1 saturated carbocycles. The van der Waals surface area contributed by atoms with Crippen molar-refractivity contribution < 1.29 is 4.79 Å². The molecule has 2 aromatic carbocycles. The van der Waals surface area contributed by atoms with Crippen molar-refractivity contribution in [3.63, 3.8) is 0 Å². The van der Waals surface area contributed by atoms with Crippen LogP contribution in [-0.2, 0) is 0 Å². The Kier molecular flexibility index (Phi) is 3.62. The normalized spacial score (nSPS) is 14.9. The van der Waals surface area contributed by atoms with Crippen molar-refractivity contribution in [2.45, 2.75) is 32.1 Å². The van der Waals surface area contributed by atoms with Crippen molar-refractivity contribution in [2.75, 3.05) is 0 Å². The van der Waals surface area contributed by atoms with Gasteiger partial charge in [-0.25, -0.2) is 0 Å². The van der Waals surface area contributed by atoms with Gasteiger partial charge in [0, 0.05) is 16.1 Å². The second-order valence-corrected chi connectivity index (χ2v) is 5.86. The van der Waals surface area contributed by atoms with E-state index in [0.29, 0.717) is 16.5 Å². The van der Waals surface area contributed by atoms with Gasteiger partial charge in [-0.05, 0) is 42.9 Å². The predicted molar refractivity (Wildman–Crippen MR) is 82.7 cm³/mol. The van der Waals surface area contributed by atoms with Gasteiger partial charge in [0.15, 0.2) is 5.78 Å². The van der Waals surface area contributed by atoms with E-state index >= 15 is 0 Å². The van der Waals surface area contributed by atoms with E-state index in [0.717, 1.165) is 11.1 Å². The van der Waals surface area contributed by atoms with Crippen molar-refractivity contribution >= 4 is 17.4 Å². The Bertz CT molecular complexity index is 656. The van der Waals surface area contributed by atoms with Gasteiger partial charge in [0.1, 0.15) is 0 Å². The maximum absolute atomic E-state index is 12.8. The molecule has 0 spiro atoms. The van der Waals surface area contributed by atoms with Crippen LogP contribution in [0.1, 0.15) is 52.2 Å². The highest BCUT2D eigenvalue weighted by atomic mass is 35.5. The summed E-state index contributed by atoms with van der Waals surface area (Å²) in [6.07, 6.45) is 3.65. The summed E-state index contributed by atoms with van der Waals surface area (Å²) in [5.41, 5.74) is 3.61. The van der Waals surface area contributed by atoms with E-state index in [1.54, 1.807) is 0 Å². The van der Waals surface area contributed by atoms with Crippen LogP contribution in [0, 0.1) is 6.92 Å². The fourth-order valence-electron chi connectivity index (χ4n) is 2.78. The second-order valence-electron chi connectivity index (χ2n) is 5.46. The maximum atomic E-state index is 12.8. The Morgan fingerprint density at radius 2 is 1.75 bits per heavy atom. The average Bonchev–Trinajstić information content (AvgIpc) is 2.40. The van der Waals surface area contributed by atoms with Crippen molar-refractivity contribution in [1.82, 2.24) is 0 Å². The summed E-state index contributed by atoms with van der Waals surface area (Å²) in [7, 11) is 0. The smallest absolute Gasteiger partial charge is 0.193 e. The average molecular weight is 285 g/mol. The third kappa shape index (κ3) is 2.27. The molecule has 1 nitrogen and oxygen atoms in total. The number of carbonyl (C=O) groups is 1. The lowest BCUT2D eigenvalue weighted by atomic mass is 9.77. The fraction of sp³-hybridized carbons (Fsp3) is 0.278. The van der Waals surface area contributed by atoms with Gasteiger partial charge in [-0.3, -0.25) is 4.79 Å². The molecule has 0 heterocycles. The third-order valence-corrected chi connectivity index (χ3v) is 4.67. The molecule has 2 heteroatoms. The lowest BCUT2D eigenvalue weighted by Crippen LogP contribution is -2.15. The van der Waals surface area contributed by atoms with Crippen LogP contribution >= 0.6 is 11.6 Å². The molecular formula is C18H17ClO. The van der Waals surface area contributed by atoms with Crippen LogP contribution < -0.4 is 0 Å². The monoisotopic (exact) mass is 284 g/mol. The first-order valence-electron chi connectivity index (χ1n) is 7.07. The van der Waals surface area contributed by atoms with Gasteiger partial charge in [0.05, 0.1) is 0 Å².